The molecule has 0 fully saturated rings. The van der Waals surface area contributed by atoms with Crippen molar-refractivity contribution < 1.29 is 8.22 Å². The van der Waals surface area contributed by atoms with Crippen LogP contribution in [0.15, 0.2) is 194 Å². The molecular weight excluding hydrogens is 661 g/mol. The van der Waals surface area contributed by atoms with Gasteiger partial charge < -0.3 is 0 Å². The number of benzene rings is 7. The van der Waals surface area contributed by atoms with Gasteiger partial charge in [0.2, 0.25) is 0 Å². The summed E-state index contributed by atoms with van der Waals surface area (Å²) in [5, 5.41) is 2.07. The van der Waals surface area contributed by atoms with Gasteiger partial charge in [-0.25, -0.2) is 4.98 Å². The molecule has 2 nitrogen and oxygen atoms in total. The fourth-order valence-corrected chi connectivity index (χ4v) is 8.54. The molecule has 0 unspecified atom stereocenters. The van der Waals surface area contributed by atoms with Crippen LogP contribution in [0, 0.1) is 0 Å². The van der Waals surface area contributed by atoms with Gasteiger partial charge in [0.1, 0.15) is 0 Å². The van der Waals surface area contributed by atoms with Gasteiger partial charge in [-0.2, -0.15) is 0 Å². The summed E-state index contributed by atoms with van der Waals surface area (Å²) < 4.78 is 54.8. The van der Waals surface area contributed by atoms with E-state index in [0.717, 1.165) is 53.9 Å². The van der Waals surface area contributed by atoms with Crippen LogP contribution in [0.3, 0.4) is 0 Å². The Bertz CT molecular complexity index is 3260. The van der Waals surface area contributed by atoms with E-state index in [1.807, 2.05) is 84.9 Å². The fraction of sp³-hybridized carbons (Fsp3) is 0. The lowest BCUT2D eigenvalue weighted by atomic mass is 9.90. The predicted molar refractivity (Wildman–Crippen MR) is 225 cm³/mol. The molecule has 10 aromatic rings. The topological polar surface area (TPSA) is 25.8 Å². The molecule has 3 aromatic heterocycles. The van der Waals surface area contributed by atoms with Gasteiger partial charge in [-0.3, -0.25) is 4.98 Å². The molecule has 0 aliphatic heterocycles. The van der Waals surface area contributed by atoms with Gasteiger partial charge in [-0.15, -0.1) is 11.3 Å². The third-order valence-corrected chi connectivity index (χ3v) is 11.0. The number of thiophene rings is 1. The van der Waals surface area contributed by atoms with Crippen LogP contribution in [0.2, 0.25) is 0 Å². The standard InChI is InChI=1S/C50H32N2S/c1-4-13-34(14-5-1)45-46(35-15-6-2-7-16-35)50(53-49(45)38-17-8-3-9-18-38)39-26-22-33(23-27-39)40-29-30-43(42-21-11-10-20-41(40)42)44-31-28-37-25-24-36-19-12-32-51-47(36)48(37)52-44/h1-32H/i10D,11D,20D,21D,29D,30D. The van der Waals surface area contributed by atoms with E-state index in [-0.39, 0.29) is 46.1 Å². The van der Waals surface area contributed by atoms with Crippen LogP contribution in [0.4, 0.5) is 0 Å². The monoisotopic (exact) mass is 698 g/mol. The van der Waals surface area contributed by atoms with E-state index < -0.39 is 12.1 Å². The summed E-state index contributed by atoms with van der Waals surface area (Å²) in [6.07, 6.45) is 1.70. The molecule has 0 bridgehead atoms. The summed E-state index contributed by atoms with van der Waals surface area (Å²) in [6.45, 7) is 0. The average Bonchev–Trinajstić information content (AvgIpc) is 3.70. The first-order chi connectivity index (χ1) is 28.8. The lowest BCUT2D eigenvalue weighted by Gasteiger charge is -2.13. The molecular formula is C50H32N2S. The van der Waals surface area contributed by atoms with Crippen LogP contribution in [0.5, 0.6) is 0 Å². The number of hydrogen-bond donors (Lipinski definition) is 0. The third kappa shape index (κ3) is 5.50. The Morgan fingerprint density at radius 2 is 0.925 bits per heavy atom. The quantitative estimate of drug-likeness (QED) is 0.162. The minimum absolute atomic E-state index is 0.151. The van der Waals surface area contributed by atoms with Crippen molar-refractivity contribution in [3.8, 4) is 65.5 Å². The largest absolute Gasteiger partial charge is 0.254 e. The van der Waals surface area contributed by atoms with Crippen molar-refractivity contribution in [1.82, 2.24) is 9.97 Å². The van der Waals surface area contributed by atoms with Gasteiger partial charge in [-0.1, -0.05) is 176 Å². The van der Waals surface area contributed by atoms with Gasteiger partial charge in [-0.05, 0) is 56.3 Å². The molecule has 0 aliphatic carbocycles. The normalized spacial score (nSPS) is 13.0. The molecule has 0 spiro atoms. The van der Waals surface area contributed by atoms with E-state index in [1.54, 1.807) is 23.6 Å². The number of fused-ring (bicyclic) bond motifs is 4. The third-order valence-electron chi connectivity index (χ3n) is 9.69. The zero-order valence-corrected chi connectivity index (χ0v) is 29.1. The minimum atomic E-state index is -0.412. The molecule has 3 heterocycles. The predicted octanol–water partition coefficient (Wildman–Crippen LogP) is 14.0. The molecule has 53 heavy (non-hydrogen) atoms. The number of pyridine rings is 2. The summed E-state index contributed by atoms with van der Waals surface area (Å²) in [4.78, 5) is 11.8. The Morgan fingerprint density at radius 3 is 1.57 bits per heavy atom. The van der Waals surface area contributed by atoms with E-state index in [9.17, 15) is 5.48 Å². The summed E-state index contributed by atoms with van der Waals surface area (Å²) in [5.74, 6) is 0. The van der Waals surface area contributed by atoms with Crippen molar-refractivity contribution in [2.45, 2.75) is 0 Å². The summed E-state index contributed by atoms with van der Waals surface area (Å²) in [7, 11) is 0. The number of hydrogen-bond acceptors (Lipinski definition) is 3. The van der Waals surface area contributed by atoms with Gasteiger partial charge in [0.05, 0.1) is 25.0 Å². The molecule has 0 radical (unpaired) electrons. The molecule has 0 aliphatic rings. The maximum absolute atomic E-state index is 9.50. The zero-order valence-electron chi connectivity index (χ0n) is 34.3. The zero-order chi connectivity index (χ0) is 40.4. The van der Waals surface area contributed by atoms with Crippen molar-refractivity contribution in [2.75, 3.05) is 0 Å². The second-order valence-corrected chi connectivity index (χ2v) is 13.9. The SMILES string of the molecule is [2H]c1c([2H])c([2H])c2c(-c3ccc4ccc5cccnc5c4n3)c([2H])c([2H])c(-c3ccc(-c4sc(-c5ccccc5)c(-c5ccccc5)c4-c4ccccc4)cc3)c2c1[2H]. The Morgan fingerprint density at radius 1 is 0.415 bits per heavy atom. The van der Waals surface area contributed by atoms with Crippen molar-refractivity contribution in [2.24, 2.45) is 0 Å². The van der Waals surface area contributed by atoms with E-state index in [0.29, 0.717) is 22.3 Å². The second kappa shape index (κ2) is 13.1. The molecule has 7 aromatic carbocycles. The van der Waals surface area contributed by atoms with Crippen LogP contribution in [0.25, 0.3) is 98.1 Å². The molecule has 3 heteroatoms. The molecule has 0 saturated carbocycles. The van der Waals surface area contributed by atoms with E-state index in [4.69, 9.17) is 7.73 Å². The molecule has 10 rings (SSSR count). The lowest BCUT2D eigenvalue weighted by molar-refractivity contribution is 1.37. The number of rotatable bonds is 6. The van der Waals surface area contributed by atoms with Crippen LogP contribution < -0.4 is 0 Å². The molecule has 0 saturated heterocycles. The minimum Gasteiger partial charge on any atom is -0.254 e. The highest BCUT2D eigenvalue weighted by Crippen LogP contribution is 2.52. The number of aromatic nitrogens is 2. The molecule has 0 atom stereocenters. The van der Waals surface area contributed by atoms with Crippen molar-refractivity contribution >= 4 is 43.9 Å². The highest BCUT2D eigenvalue weighted by Gasteiger charge is 2.23. The first kappa shape index (κ1) is 25.3. The Kier molecular flexibility index (Phi) is 6.27. The Balaban J connectivity index is 1.20. The lowest BCUT2D eigenvalue weighted by Crippen LogP contribution is -1.91. The van der Waals surface area contributed by atoms with Crippen LogP contribution >= 0.6 is 11.3 Å². The summed E-state index contributed by atoms with van der Waals surface area (Å²) in [5.41, 5.74) is 9.15. The molecule has 0 amide bonds. The highest BCUT2D eigenvalue weighted by atomic mass is 32.1. The van der Waals surface area contributed by atoms with Gasteiger partial charge in [0.15, 0.2) is 0 Å². The van der Waals surface area contributed by atoms with Crippen molar-refractivity contribution in [1.29, 1.82) is 0 Å². The van der Waals surface area contributed by atoms with Crippen LogP contribution in [-0.2, 0) is 0 Å². The highest BCUT2D eigenvalue weighted by molar-refractivity contribution is 7.20. The smallest absolute Gasteiger partial charge is 0.0972 e. The second-order valence-electron chi connectivity index (χ2n) is 12.8. The van der Waals surface area contributed by atoms with Crippen LogP contribution in [0.1, 0.15) is 8.22 Å². The summed E-state index contributed by atoms with van der Waals surface area (Å²) in [6, 6.07) is 48.7. The van der Waals surface area contributed by atoms with Crippen LogP contribution in [-0.4, -0.2) is 9.97 Å². The van der Waals surface area contributed by atoms with Gasteiger partial charge in [0.25, 0.3) is 0 Å². The number of nitrogens with zero attached hydrogens (tertiary/aromatic N) is 2. The molecule has 0 N–H and O–H groups in total. The molecule has 248 valence electrons. The maximum atomic E-state index is 9.50. The first-order valence-corrected chi connectivity index (χ1v) is 18.2. The van der Waals surface area contributed by atoms with Gasteiger partial charge >= 0.3 is 0 Å². The maximum Gasteiger partial charge on any atom is 0.0972 e. The van der Waals surface area contributed by atoms with Gasteiger partial charge in [0, 0.05) is 43.4 Å². The Labute approximate surface area is 320 Å². The van der Waals surface area contributed by atoms with Crippen molar-refractivity contribution in [3.63, 3.8) is 0 Å². The van der Waals surface area contributed by atoms with E-state index in [2.05, 4.69) is 65.6 Å². The first-order valence-electron chi connectivity index (χ1n) is 20.4. The Hall–Kier alpha value is -6.68. The van der Waals surface area contributed by atoms with E-state index >= 15 is 0 Å². The average molecular weight is 699 g/mol. The summed E-state index contributed by atoms with van der Waals surface area (Å²) >= 11 is 1.72. The van der Waals surface area contributed by atoms with E-state index in [1.165, 1.54) is 0 Å². The fourth-order valence-electron chi connectivity index (χ4n) is 7.19. The van der Waals surface area contributed by atoms with Crippen molar-refractivity contribution in [3.05, 3.63) is 194 Å².